The lowest BCUT2D eigenvalue weighted by molar-refractivity contribution is 0.224. The minimum Gasteiger partial charge on any atom is -0.311 e. The third-order valence-electron chi connectivity index (χ3n) is 3.56. The molecule has 1 aromatic rings. The molecule has 4 nitrogen and oxygen atoms in total. The van der Waals surface area contributed by atoms with Crippen molar-refractivity contribution in [1.82, 2.24) is 10.2 Å². The molecule has 120 valence electrons. The van der Waals surface area contributed by atoms with Crippen molar-refractivity contribution in [3.63, 3.8) is 0 Å². The predicted octanol–water partition coefficient (Wildman–Crippen LogP) is 2.42. The molecule has 0 aliphatic rings. The van der Waals surface area contributed by atoms with E-state index in [2.05, 4.69) is 24.1 Å². The number of halogens is 1. The van der Waals surface area contributed by atoms with Crippen molar-refractivity contribution in [3.05, 3.63) is 28.8 Å². The van der Waals surface area contributed by atoms with E-state index in [1.54, 1.807) is 18.2 Å². The average molecular weight is 333 g/mol. The van der Waals surface area contributed by atoms with Crippen LogP contribution in [-0.2, 0) is 16.4 Å². The molecule has 1 aromatic carbocycles. The highest BCUT2D eigenvalue weighted by Gasteiger charge is 2.18. The third kappa shape index (κ3) is 5.25. The molecule has 1 unspecified atom stereocenters. The van der Waals surface area contributed by atoms with Crippen LogP contribution in [-0.4, -0.2) is 46.3 Å². The topological polar surface area (TPSA) is 49.4 Å². The maximum absolute atomic E-state index is 11.8. The van der Waals surface area contributed by atoms with E-state index in [1.807, 2.05) is 14.1 Å². The first-order valence-electron chi connectivity index (χ1n) is 6.99. The fourth-order valence-electron chi connectivity index (χ4n) is 2.42. The van der Waals surface area contributed by atoms with Gasteiger partial charge >= 0.3 is 0 Å². The second kappa shape index (κ2) is 7.58. The van der Waals surface area contributed by atoms with E-state index in [9.17, 15) is 8.42 Å². The summed E-state index contributed by atoms with van der Waals surface area (Å²) >= 11 is 6.16. The van der Waals surface area contributed by atoms with Gasteiger partial charge in [-0.25, -0.2) is 8.42 Å². The standard InChI is InChI=1S/C15H25ClN2O2S/c1-11(2)14(18(3)4)10-17-9-12-13(16)7-6-8-15(12)21(5,19)20/h6-8,11,14,17H,9-10H2,1-5H3. The van der Waals surface area contributed by atoms with E-state index >= 15 is 0 Å². The summed E-state index contributed by atoms with van der Waals surface area (Å²) in [5, 5.41) is 3.81. The Kier molecular flexibility index (Phi) is 6.66. The van der Waals surface area contributed by atoms with Crippen molar-refractivity contribution in [2.24, 2.45) is 5.92 Å². The summed E-state index contributed by atoms with van der Waals surface area (Å²) in [6.45, 7) is 5.56. The van der Waals surface area contributed by atoms with Gasteiger partial charge in [-0.15, -0.1) is 0 Å². The molecule has 0 aromatic heterocycles. The Morgan fingerprint density at radius 3 is 2.38 bits per heavy atom. The van der Waals surface area contributed by atoms with Crippen LogP contribution < -0.4 is 5.32 Å². The average Bonchev–Trinajstić information content (AvgIpc) is 2.33. The van der Waals surface area contributed by atoms with E-state index in [1.165, 1.54) is 6.26 Å². The molecule has 0 saturated heterocycles. The Hall–Kier alpha value is -0.620. The zero-order chi connectivity index (χ0) is 16.2. The number of benzene rings is 1. The van der Waals surface area contributed by atoms with E-state index in [-0.39, 0.29) is 0 Å². The van der Waals surface area contributed by atoms with Gasteiger partial charge in [0.15, 0.2) is 9.84 Å². The minimum absolute atomic E-state index is 0.299. The molecule has 0 amide bonds. The lowest BCUT2D eigenvalue weighted by Gasteiger charge is -2.28. The number of hydrogen-bond acceptors (Lipinski definition) is 4. The smallest absolute Gasteiger partial charge is 0.175 e. The van der Waals surface area contributed by atoms with E-state index in [4.69, 9.17) is 11.6 Å². The van der Waals surface area contributed by atoms with Crippen LogP contribution in [0.1, 0.15) is 19.4 Å². The lowest BCUT2D eigenvalue weighted by Crippen LogP contribution is -2.41. The van der Waals surface area contributed by atoms with Gasteiger partial charge in [-0.05, 0) is 32.1 Å². The predicted molar refractivity (Wildman–Crippen MR) is 88.6 cm³/mol. The lowest BCUT2D eigenvalue weighted by atomic mass is 10.0. The van der Waals surface area contributed by atoms with Gasteiger partial charge in [-0.1, -0.05) is 31.5 Å². The van der Waals surface area contributed by atoms with Gasteiger partial charge in [0.05, 0.1) is 4.90 Å². The van der Waals surface area contributed by atoms with Gasteiger partial charge in [0.2, 0.25) is 0 Å². The molecule has 1 rings (SSSR count). The van der Waals surface area contributed by atoms with Gasteiger partial charge in [0.1, 0.15) is 0 Å². The number of rotatable bonds is 7. The van der Waals surface area contributed by atoms with Gasteiger partial charge in [0, 0.05) is 36.0 Å². The maximum Gasteiger partial charge on any atom is 0.175 e. The molecule has 0 spiro atoms. The summed E-state index contributed by atoms with van der Waals surface area (Å²) in [4.78, 5) is 2.47. The second-order valence-corrected chi connectivity index (χ2v) is 8.29. The minimum atomic E-state index is -3.27. The highest BCUT2D eigenvalue weighted by Crippen LogP contribution is 2.23. The van der Waals surface area contributed by atoms with Crippen molar-refractivity contribution in [2.75, 3.05) is 26.9 Å². The van der Waals surface area contributed by atoms with Crippen molar-refractivity contribution in [3.8, 4) is 0 Å². The molecular weight excluding hydrogens is 308 g/mol. The van der Waals surface area contributed by atoms with Crippen LogP contribution in [0.3, 0.4) is 0 Å². The second-order valence-electron chi connectivity index (χ2n) is 5.89. The molecule has 0 heterocycles. The molecule has 1 atom stereocenters. The van der Waals surface area contributed by atoms with Crippen LogP contribution in [0.5, 0.6) is 0 Å². The Morgan fingerprint density at radius 1 is 1.29 bits per heavy atom. The van der Waals surface area contributed by atoms with Crippen LogP contribution >= 0.6 is 11.6 Å². The fraction of sp³-hybridized carbons (Fsp3) is 0.600. The molecule has 0 bridgehead atoms. The first-order chi connectivity index (χ1) is 9.64. The number of nitrogens with zero attached hydrogens (tertiary/aromatic N) is 1. The monoisotopic (exact) mass is 332 g/mol. The van der Waals surface area contributed by atoms with Crippen LogP contribution in [0, 0.1) is 5.92 Å². The zero-order valence-electron chi connectivity index (χ0n) is 13.4. The highest BCUT2D eigenvalue weighted by atomic mass is 35.5. The first-order valence-corrected chi connectivity index (χ1v) is 9.26. The summed E-state index contributed by atoms with van der Waals surface area (Å²) in [6, 6.07) is 5.37. The Bertz CT molecular complexity index is 563. The molecule has 0 saturated carbocycles. The Morgan fingerprint density at radius 2 is 1.90 bits per heavy atom. The van der Waals surface area contributed by atoms with Gasteiger partial charge < -0.3 is 10.2 Å². The third-order valence-corrected chi connectivity index (χ3v) is 5.10. The summed E-state index contributed by atoms with van der Waals surface area (Å²) in [7, 11) is 0.817. The zero-order valence-corrected chi connectivity index (χ0v) is 14.9. The first kappa shape index (κ1) is 18.4. The van der Waals surface area contributed by atoms with Crippen LogP contribution in [0.25, 0.3) is 0 Å². The SMILES string of the molecule is CC(C)C(CNCc1c(Cl)cccc1S(C)(=O)=O)N(C)C. The van der Waals surface area contributed by atoms with E-state index in [0.29, 0.717) is 34.0 Å². The van der Waals surface area contributed by atoms with Crippen molar-refractivity contribution in [1.29, 1.82) is 0 Å². The molecule has 0 radical (unpaired) electrons. The van der Waals surface area contributed by atoms with E-state index in [0.717, 1.165) is 6.54 Å². The normalized spacial score (nSPS) is 13.9. The molecule has 1 N–H and O–H groups in total. The molecule has 0 aliphatic heterocycles. The summed E-state index contributed by atoms with van der Waals surface area (Å²) < 4.78 is 23.6. The molecule has 21 heavy (non-hydrogen) atoms. The quantitative estimate of drug-likeness (QED) is 0.833. The van der Waals surface area contributed by atoms with Crippen LogP contribution in [0.4, 0.5) is 0 Å². The number of hydrogen-bond donors (Lipinski definition) is 1. The summed E-state index contributed by atoms with van der Waals surface area (Å²) in [5.41, 5.74) is 0.642. The van der Waals surface area contributed by atoms with Crippen LogP contribution in [0.2, 0.25) is 5.02 Å². The van der Waals surface area contributed by atoms with Crippen LogP contribution in [0.15, 0.2) is 23.1 Å². The van der Waals surface area contributed by atoms with Gasteiger partial charge in [-0.3, -0.25) is 0 Å². The number of nitrogens with one attached hydrogen (secondary N) is 1. The van der Waals surface area contributed by atoms with Crippen molar-refractivity contribution < 1.29 is 8.42 Å². The van der Waals surface area contributed by atoms with Gasteiger partial charge in [-0.2, -0.15) is 0 Å². The van der Waals surface area contributed by atoms with Crippen molar-refractivity contribution in [2.45, 2.75) is 31.3 Å². The maximum atomic E-state index is 11.8. The van der Waals surface area contributed by atoms with Gasteiger partial charge in [0.25, 0.3) is 0 Å². The summed E-state index contributed by atoms with van der Waals surface area (Å²) in [6.07, 6.45) is 1.21. The molecule has 0 fully saturated rings. The Labute approximate surface area is 133 Å². The Balaban J connectivity index is 2.85. The van der Waals surface area contributed by atoms with E-state index < -0.39 is 9.84 Å². The molecule has 6 heteroatoms. The molecular formula is C15H25ClN2O2S. The highest BCUT2D eigenvalue weighted by molar-refractivity contribution is 7.90. The molecule has 0 aliphatic carbocycles. The number of sulfone groups is 1. The fourth-order valence-corrected chi connectivity index (χ4v) is 3.67. The summed E-state index contributed by atoms with van der Waals surface area (Å²) in [5.74, 6) is 0.508. The number of likely N-dealkylation sites (N-methyl/N-ethyl adjacent to an activating group) is 1. The van der Waals surface area contributed by atoms with Crippen molar-refractivity contribution >= 4 is 21.4 Å². The largest absolute Gasteiger partial charge is 0.311 e.